The lowest BCUT2D eigenvalue weighted by molar-refractivity contribution is 0.0603. The van der Waals surface area contributed by atoms with Gasteiger partial charge < -0.3 is 19.4 Å². The van der Waals surface area contributed by atoms with Crippen molar-refractivity contribution in [3.05, 3.63) is 82.7 Å². The van der Waals surface area contributed by atoms with E-state index in [9.17, 15) is 18.4 Å². The lowest BCUT2D eigenvalue weighted by Crippen LogP contribution is -2.29. The lowest BCUT2D eigenvalue weighted by atomic mass is 10.2. The summed E-state index contributed by atoms with van der Waals surface area (Å²) in [5.41, 5.74) is 0.314. The van der Waals surface area contributed by atoms with Gasteiger partial charge in [-0.25, -0.2) is 23.2 Å². The van der Waals surface area contributed by atoms with Crippen LogP contribution in [0.2, 0.25) is 0 Å². The fourth-order valence-corrected chi connectivity index (χ4v) is 3.37. The van der Waals surface area contributed by atoms with E-state index < -0.39 is 23.7 Å². The zero-order valence-electron chi connectivity index (χ0n) is 18.0. The maximum atomic E-state index is 13.7. The Bertz CT molecular complexity index is 1420. The molecule has 0 spiro atoms. The molecule has 0 bridgehead atoms. The molecule has 9 nitrogen and oxygen atoms in total. The topological polar surface area (TPSA) is 93.3 Å². The maximum Gasteiger partial charge on any atom is 0.415 e. The Morgan fingerprint density at radius 1 is 1.18 bits per heavy atom. The second-order valence-electron chi connectivity index (χ2n) is 7.23. The van der Waals surface area contributed by atoms with Crippen molar-refractivity contribution < 1.29 is 27.8 Å². The molecule has 0 unspecified atom stereocenters. The number of fused-ring (bicyclic) bond motifs is 1. The van der Waals surface area contributed by atoms with E-state index in [0.29, 0.717) is 6.07 Å². The predicted molar refractivity (Wildman–Crippen MR) is 116 cm³/mol. The standard InChI is InChI=1S/C23H17F2N5O4/c1-26-18-17(22(31)33-3)20-27-19(14-9-15(24)11-16(25)10-14)28-30(20)21(18)34-23(32)29(2)12-13-7-5-4-6-8-13/h4-11H,12H2,2-3H3,(H,27,28). The van der Waals surface area contributed by atoms with Crippen LogP contribution < -0.4 is 4.74 Å². The molecule has 0 saturated carbocycles. The smallest absolute Gasteiger partial charge is 0.415 e. The molecule has 4 rings (SSSR count). The maximum absolute atomic E-state index is 13.7. The van der Waals surface area contributed by atoms with Gasteiger partial charge in [-0.2, -0.15) is 4.52 Å². The molecule has 172 valence electrons. The molecule has 0 saturated heterocycles. The molecule has 1 amide bonds. The first-order chi connectivity index (χ1) is 16.3. The van der Waals surface area contributed by atoms with Crippen LogP contribution in [0.25, 0.3) is 21.9 Å². The summed E-state index contributed by atoms with van der Waals surface area (Å²) < 4.78 is 38.7. The number of ether oxygens (including phenoxy) is 2. The van der Waals surface area contributed by atoms with Gasteiger partial charge in [0.05, 0.1) is 13.7 Å². The number of H-pyrrole nitrogens is 1. The summed E-state index contributed by atoms with van der Waals surface area (Å²) in [6.07, 6.45) is -0.814. The number of carbonyl (C=O) groups is 2. The number of nitrogens with one attached hydrogen (secondary N) is 1. The van der Waals surface area contributed by atoms with Crippen LogP contribution in [0, 0.1) is 18.2 Å². The van der Waals surface area contributed by atoms with Crippen LogP contribution in [0.5, 0.6) is 5.88 Å². The summed E-state index contributed by atoms with van der Waals surface area (Å²) in [5, 5.41) is 4.19. The van der Waals surface area contributed by atoms with Crippen LogP contribution in [0.4, 0.5) is 19.3 Å². The van der Waals surface area contributed by atoms with E-state index in [-0.39, 0.29) is 40.7 Å². The number of carbonyl (C=O) groups excluding carboxylic acids is 2. The minimum Gasteiger partial charge on any atom is -0.466 e. The molecular formula is C23H17F2N5O4. The molecule has 0 aliphatic carbocycles. The van der Waals surface area contributed by atoms with Crippen LogP contribution in [0.1, 0.15) is 15.9 Å². The van der Waals surface area contributed by atoms with Gasteiger partial charge in [-0.3, -0.25) is 0 Å². The Morgan fingerprint density at radius 2 is 1.85 bits per heavy atom. The number of amides is 1. The normalized spacial score (nSPS) is 10.7. The molecule has 0 atom stereocenters. The molecule has 0 fully saturated rings. The fourth-order valence-electron chi connectivity index (χ4n) is 3.37. The molecule has 1 N–H and O–H groups in total. The number of esters is 1. The predicted octanol–water partition coefficient (Wildman–Crippen LogP) is 4.58. The number of aromatic amines is 1. The highest BCUT2D eigenvalue weighted by Crippen LogP contribution is 2.38. The van der Waals surface area contributed by atoms with Gasteiger partial charge in [-0.15, -0.1) is 5.10 Å². The highest BCUT2D eigenvalue weighted by atomic mass is 19.1. The van der Waals surface area contributed by atoms with Gasteiger partial charge in [0, 0.05) is 25.2 Å². The quantitative estimate of drug-likeness (QED) is 0.344. The molecule has 34 heavy (non-hydrogen) atoms. The third kappa shape index (κ3) is 4.16. The number of hydrogen-bond donors (Lipinski definition) is 1. The Hall–Kier alpha value is -4.72. The average molecular weight is 465 g/mol. The zero-order valence-corrected chi connectivity index (χ0v) is 18.0. The van der Waals surface area contributed by atoms with Gasteiger partial charge in [-0.1, -0.05) is 30.3 Å². The minimum absolute atomic E-state index is 0.0231. The molecule has 2 heterocycles. The Balaban J connectivity index is 1.78. The monoisotopic (exact) mass is 465 g/mol. The third-order valence-electron chi connectivity index (χ3n) is 4.91. The van der Waals surface area contributed by atoms with Gasteiger partial charge in [-0.05, 0) is 17.7 Å². The van der Waals surface area contributed by atoms with Gasteiger partial charge in [0.25, 0.3) is 5.69 Å². The van der Waals surface area contributed by atoms with Crippen LogP contribution in [0.3, 0.4) is 0 Å². The van der Waals surface area contributed by atoms with E-state index in [1.165, 1.54) is 11.9 Å². The summed E-state index contributed by atoms with van der Waals surface area (Å²) >= 11 is 0. The minimum atomic E-state index is -0.885. The van der Waals surface area contributed by atoms with E-state index in [4.69, 9.17) is 16.0 Å². The molecule has 2 aromatic carbocycles. The van der Waals surface area contributed by atoms with Gasteiger partial charge in [0.2, 0.25) is 5.88 Å². The van der Waals surface area contributed by atoms with Crippen molar-refractivity contribution in [1.29, 1.82) is 0 Å². The number of methoxy groups -OCH3 is 1. The molecule has 0 aliphatic heterocycles. The fraction of sp³-hybridized carbons (Fsp3) is 0.130. The van der Waals surface area contributed by atoms with Crippen molar-refractivity contribution in [2.24, 2.45) is 0 Å². The van der Waals surface area contributed by atoms with Crippen LogP contribution >= 0.6 is 0 Å². The lowest BCUT2D eigenvalue weighted by Gasteiger charge is -2.16. The van der Waals surface area contributed by atoms with E-state index in [1.54, 1.807) is 0 Å². The van der Waals surface area contributed by atoms with Crippen molar-refractivity contribution in [2.45, 2.75) is 6.54 Å². The van der Waals surface area contributed by atoms with Crippen molar-refractivity contribution in [3.63, 3.8) is 0 Å². The first-order valence-corrected chi connectivity index (χ1v) is 9.86. The highest BCUT2D eigenvalue weighted by molar-refractivity contribution is 6.05. The van der Waals surface area contributed by atoms with Crippen molar-refractivity contribution in [1.82, 2.24) is 19.5 Å². The number of benzene rings is 2. The Morgan fingerprint density at radius 3 is 2.47 bits per heavy atom. The van der Waals surface area contributed by atoms with E-state index in [2.05, 4.69) is 14.9 Å². The summed E-state index contributed by atoms with van der Waals surface area (Å²) in [6, 6.07) is 11.9. The van der Waals surface area contributed by atoms with Crippen molar-refractivity contribution in [2.75, 3.05) is 14.2 Å². The SMILES string of the molecule is [C-]#[N+]c1c(C(=O)OC)c2[nH]c(-c3cc(F)cc(F)c3)nn2c1OC(=O)N(C)Cc1ccccc1. The summed E-state index contributed by atoms with van der Waals surface area (Å²) in [5.74, 6) is -2.91. The highest BCUT2D eigenvalue weighted by Gasteiger charge is 2.31. The van der Waals surface area contributed by atoms with Crippen LogP contribution in [-0.2, 0) is 11.3 Å². The molecule has 0 radical (unpaired) electrons. The second kappa shape index (κ2) is 9.03. The number of nitrogens with zero attached hydrogens (tertiary/aromatic N) is 4. The zero-order chi connectivity index (χ0) is 24.4. The third-order valence-corrected chi connectivity index (χ3v) is 4.91. The van der Waals surface area contributed by atoms with Gasteiger partial charge >= 0.3 is 12.1 Å². The summed E-state index contributed by atoms with van der Waals surface area (Å²) in [4.78, 5) is 32.6. The Kier molecular flexibility index (Phi) is 5.97. The van der Waals surface area contributed by atoms with Crippen molar-refractivity contribution >= 4 is 23.4 Å². The first kappa shape index (κ1) is 22.5. The summed E-state index contributed by atoms with van der Waals surface area (Å²) in [7, 11) is 2.63. The van der Waals surface area contributed by atoms with Gasteiger partial charge in [0.1, 0.15) is 22.8 Å². The van der Waals surface area contributed by atoms with E-state index >= 15 is 0 Å². The van der Waals surface area contributed by atoms with Crippen molar-refractivity contribution in [3.8, 4) is 17.3 Å². The second-order valence-corrected chi connectivity index (χ2v) is 7.23. The van der Waals surface area contributed by atoms with E-state index in [1.807, 2.05) is 30.3 Å². The molecule has 11 heteroatoms. The molecule has 0 aliphatic rings. The Labute approximate surface area is 191 Å². The van der Waals surface area contributed by atoms with E-state index in [0.717, 1.165) is 29.3 Å². The largest absolute Gasteiger partial charge is 0.466 e. The number of rotatable bonds is 5. The van der Waals surface area contributed by atoms with Gasteiger partial charge in [0.15, 0.2) is 5.82 Å². The summed E-state index contributed by atoms with van der Waals surface area (Å²) in [6.45, 7) is 7.75. The van der Waals surface area contributed by atoms with Crippen LogP contribution in [-0.4, -0.2) is 45.7 Å². The number of aromatic nitrogens is 3. The number of halogens is 2. The molecular weight excluding hydrogens is 448 g/mol. The number of hydrogen-bond acceptors (Lipinski definition) is 5. The molecule has 4 aromatic rings. The first-order valence-electron chi connectivity index (χ1n) is 9.86. The average Bonchev–Trinajstić information content (AvgIpc) is 3.36. The molecule has 2 aromatic heterocycles. The van der Waals surface area contributed by atoms with Crippen LogP contribution in [0.15, 0.2) is 48.5 Å².